The van der Waals surface area contributed by atoms with Crippen molar-refractivity contribution >= 4 is 17.3 Å². The van der Waals surface area contributed by atoms with Gasteiger partial charge in [-0.25, -0.2) is 0 Å². The Morgan fingerprint density at radius 2 is 1.84 bits per heavy atom. The maximum absolute atomic E-state index is 11.3. The van der Waals surface area contributed by atoms with E-state index >= 15 is 0 Å². The van der Waals surface area contributed by atoms with Gasteiger partial charge in [0.25, 0.3) is 0 Å². The van der Waals surface area contributed by atoms with Gasteiger partial charge in [0, 0.05) is 30.7 Å². The van der Waals surface area contributed by atoms with Crippen molar-refractivity contribution in [2.45, 2.75) is 25.9 Å². The molecule has 1 aliphatic rings. The number of nitrogens with zero attached hydrogens (tertiary/aromatic N) is 2. The third-order valence-electron chi connectivity index (χ3n) is 4.02. The molecule has 1 heterocycles. The normalized spacial score (nSPS) is 24.5. The maximum Gasteiger partial charge on any atom is 0.248 e. The largest absolute Gasteiger partial charge is 0.397 e. The third-order valence-corrected chi connectivity index (χ3v) is 4.02. The number of primary amides is 1. The molecular formula is C14H22N4O. The van der Waals surface area contributed by atoms with E-state index in [-0.39, 0.29) is 0 Å². The number of carbonyl (C=O) groups excluding carboxylic acids is 1. The molecular weight excluding hydrogens is 240 g/mol. The van der Waals surface area contributed by atoms with Gasteiger partial charge in [0.2, 0.25) is 5.91 Å². The summed E-state index contributed by atoms with van der Waals surface area (Å²) in [5.41, 5.74) is 13.5. The van der Waals surface area contributed by atoms with Crippen LogP contribution in [0.3, 0.4) is 0 Å². The Morgan fingerprint density at radius 1 is 1.26 bits per heavy atom. The zero-order valence-corrected chi connectivity index (χ0v) is 11.8. The van der Waals surface area contributed by atoms with Gasteiger partial charge in [-0.3, -0.25) is 9.69 Å². The summed E-state index contributed by atoms with van der Waals surface area (Å²) in [5.74, 6) is -0.420. The van der Waals surface area contributed by atoms with Crippen LogP contribution in [-0.4, -0.2) is 43.0 Å². The van der Waals surface area contributed by atoms with Crippen LogP contribution in [0.2, 0.25) is 0 Å². The number of carbonyl (C=O) groups is 1. The lowest BCUT2D eigenvalue weighted by Crippen LogP contribution is -2.55. The van der Waals surface area contributed by atoms with E-state index < -0.39 is 5.91 Å². The van der Waals surface area contributed by atoms with Crippen molar-refractivity contribution in [3.05, 3.63) is 23.8 Å². The Labute approximate surface area is 114 Å². The minimum Gasteiger partial charge on any atom is -0.397 e. The number of amides is 1. The second-order valence-corrected chi connectivity index (χ2v) is 5.41. The number of hydrogen-bond donors (Lipinski definition) is 2. The molecule has 1 amide bonds. The third kappa shape index (κ3) is 2.66. The lowest BCUT2D eigenvalue weighted by atomic mass is 10.1. The summed E-state index contributed by atoms with van der Waals surface area (Å²) >= 11 is 0. The van der Waals surface area contributed by atoms with Crippen molar-refractivity contribution < 1.29 is 4.79 Å². The Kier molecular flexibility index (Phi) is 3.66. The summed E-state index contributed by atoms with van der Waals surface area (Å²) in [6.45, 7) is 6.17. The molecule has 1 aromatic carbocycles. The van der Waals surface area contributed by atoms with Gasteiger partial charge in [0.05, 0.1) is 11.4 Å². The number of rotatable bonds is 2. The zero-order valence-electron chi connectivity index (χ0n) is 11.8. The SMILES string of the molecule is CC1CN(c2cc(C(N)=O)ccc2N)CC(C)N1C. The highest BCUT2D eigenvalue weighted by Gasteiger charge is 2.27. The molecule has 1 aliphatic heterocycles. The summed E-state index contributed by atoms with van der Waals surface area (Å²) in [6.07, 6.45) is 0. The lowest BCUT2D eigenvalue weighted by Gasteiger charge is -2.43. The van der Waals surface area contributed by atoms with Gasteiger partial charge in [-0.05, 0) is 39.1 Å². The standard InChI is InChI=1S/C14H22N4O/c1-9-7-18(8-10(2)17(9)3)13-6-11(14(16)19)4-5-12(13)15/h4-6,9-10H,7-8,15H2,1-3H3,(H2,16,19). The van der Waals surface area contributed by atoms with E-state index in [4.69, 9.17) is 11.5 Å². The zero-order chi connectivity index (χ0) is 14.2. The number of anilines is 2. The summed E-state index contributed by atoms with van der Waals surface area (Å²) in [6, 6.07) is 6.11. The van der Waals surface area contributed by atoms with E-state index in [1.165, 1.54) is 0 Å². The molecule has 2 atom stereocenters. The van der Waals surface area contributed by atoms with Gasteiger partial charge >= 0.3 is 0 Å². The number of piperazine rings is 1. The molecule has 0 saturated carbocycles. The monoisotopic (exact) mass is 262 g/mol. The molecule has 2 unspecified atom stereocenters. The first-order chi connectivity index (χ1) is 8.90. The van der Waals surface area contributed by atoms with Crippen LogP contribution >= 0.6 is 0 Å². The number of nitrogen functional groups attached to an aromatic ring is 1. The summed E-state index contributed by atoms with van der Waals surface area (Å²) in [7, 11) is 2.13. The van der Waals surface area contributed by atoms with Crippen molar-refractivity contribution in [2.24, 2.45) is 5.73 Å². The van der Waals surface area contributed by atoms with Gasteiger partial charge < -0.3 is 16.4 Å². The van der Waals surface area contributed by atoms with Crippen molar-refractivity contribution in [1.82, 2.24) is 4.90 Å². The predicted octanol–water partition coefficient (Wildman–Crippen LogP) is 0.897. The fraction of sp³-hybridized carbons (Fsp3) is 0.500. The second kappa shape index (κ2) is 5.09. The molecule has 1 saturated heterocycles. The Morgan fingerprint density at radius 3 is 2.37 bits per heavy atom. The molecule has 19 heavy (non-hydrogen) atoms. The van der Waals surface area contributed by atoms with Crippen molar-refractivity contribution in [2.75, 3.05) is 30.8 Å². The second-order valence-electron chi connectivity index (χ2n) is 5.41. The highest BCUT2D eigenvalue weighted by Crippen LogP contribution is 2.28. The first-order valence-electron chi connectivity index (χ1n) is 6.56. The van der Waals surface area contributed by atoms with Gasteiger partial charge in [-0.15, -0.1) is 0 Å². The quantitative estimate of drug-likeness (QED) is 0.776. The highest BCUT2D eigenvalue weighted by atomic mass is 16.1. The van der Waals surface area contributed by atoms with Crippen LogP contribution in [0.5, 0.6) is 0 Å². The average Bonchev–Trinajstić information content (AvgIpc) is 2.35. The molecule has 5 nitrogen and oxygen atoms in total. The van der Waals surface area contributed by atoms with Gasteiger partial charge in [0.1, 0.15) is 0 Å². The molecule has 104 valence electrons. The summed E-state index contributed by atoms with van der Waals surface area (Å²) < 4.78 is 0. The van der Waals surface area contributed by atoms with E-state index in [0.29, 0.717) is 23.3 Å². The fourth-order valence-corrected chi connectivity index (χ4v) is 2.57. The molecule has 0 radical (unpaired) electrons. The molecule has 2 rings (SSSR count). The van der Waals surface area contributed by atoms with Crippen LogP contribution in [0.4, 0.5) is 11.4 Å². The first kappa shape index (κ1) is 13.7. The minimum atomic E-state index is -0.420. The maximum atomic E-state index is 11.3. The molecule has 0 bridgehead atoms. The van der Waals surface area contributed by atoms with Crippen molar-refractivity contribution in [1.29, 1.82) is 0 Å². The Bertz CT molecular complexity index is 476. The van der Waals surface area contributed by atoms with Crippen LogP contribution < -0.4 is 16.4 Å². The van der Waals surface area contributed by atoms with Gasteiger partial charge in [-0.1, -0.05) is 0 Å². The van der Waals surface area contributed by atoms with E-state index in [0.717, 1.165) is 18.8 Å². The van der Waals surface area contributed by atoms with E-state index in [2.05, 4.69) is 30.7 Å². The minimum absolute atomic E-state index is 0.420. The Balaban J connectivity index is 2.31. The number of benzene rings is 1. The highest BCUT2D eigenvalue weighted by molar-refractivity contribution is 5.95. The van der Waals surface area contributed by atoms with Crippen molar-refractivity contribution in [3.8, 4) is 0 Å². The fourth-order valence-electron chi connectivity index (χ4n) is 2.57. The lowest BCUT2D eigenvalue weighted by molar-refractivity contribution is 0.100. The van der Waals surface area contributed by atoms with Gasteiger partial charge in [-0.2, -0.15) is 0 Å². The van der Waals surface area contributed by atoms with E-state index in [1.807, 2.05) is 0 Å². The summed E-state index contributed by atoms with van der Waals surface area (Å²) in [5, 5.41) is 0. The number of likely N-dealkylation sites (N-methyl/N-ethyl adjacent to an activating group) is 1. The number of hydrogen-bond acceptors (Lipinski definition) is 4. The smallest absolute Gasteiger partial charge is 0.248 e. The molecule has 1 aromatic rings. The molecule has 4 N–H and O–H groups in total. The van der Waals surface area contributed by atoms with Crippen LogP contribution in [0.15, 0.2) is 18.2 Å². The molecule has 0 aliphatic carbocycles. The molecule has 0 aromatic heterocycles. The van der Waals surface area contributed by atoms with Crippen LogP contribution in [0.25, 0.3) is 0 Å². The molecule has 5 heteroatoms. The van der Waals surface area contributed by atoms with Crippen molar-refractivity contribution in [3.63, 3.8) is 0 Å². The Hall–Kier alpha value is -1.75. The van der Waals surface area contributed by atoms with Crippen LogP contribution in [0, 0.1) is 0 Å². The predicted molar refractivity (Wildman–Crippen MR) is 78.3 cm³/mol. The average molecular weight is 262 g/mol. The first-order valence-corrected chi connectivity index (χ1v) is 6.56. The van der Waals surface area contributed by atoms with E-state index in [1.54, 1.807) is 18.2 Å². The van der Waals surface area contributed by atoms with Crippen LogP contribution in [-0.2, 0) is 0 Å². The van der Waals surface area contributed by atoms with E-state index in [9.17, 15) is 4.79 Å². The number of nitrogens with two attached hydrogens (primary N) is 2. The summed E-state index contributed by atoms with van der Waals surface area (Å²) in [4.78, 5) is 15.9. The molecule has 0 spiro atoms. The van der Waals surface area contributed by atoms with Gasteiger partial charge in [0.15, 0.2) is 0 Å². The molecule has 1 fully saturated rings. The topological polar surface area (TPSA) is 75.6 Å². The van der Waals surface area contributed by atoms with Crippen LogP contribution in [0.1, 0.15) is 24.2 Å².